The maximum Gasteiger partial charge on any atom is 0.362 e. The molecular formula is C22H20ClN3O5. The summed E-state index contributed by atoms with van der Waals surface area (Å²) in [6, 6.07) is 14.9. The second-order valence-electron chi connectivity index (χ2n) is 6.49. The number of aromatic nitrogens is 2. The molecular weight excluding hydrogens is 422 g/mol. The summed E-state index contributed by atoms with van der Waals surface area (Å²) in [5.41, 5.74) is 1.05. The first kappa shape index (κ1) is 22.0. The van der Waals surface area contributed by atoms with Crippen LogP contribution in [0.3, 0.4) is 0 Å². The van der Waals surface area contributed by atoms with Crippen LogP contribution in [0.2, 0.25) is 5.02 Å². The van der Waals surface area contributed by atoms with E-state index in [0.717, 1.165) is 16.3 Å². The van der Waals surface area contributed by atoms with Crippen molar-refractivity contribution >= 4 is 29.2 Å². The topological polar surface area (TPSA) is 99.5 Å². The molecule has 31 heavy (non-hydrogen) atoms. The second-order valence-corrected chi connectivity index (χ2v) is 6.89. The van der Waals surface area contributed by atoms with E-state index < -0.39 is 24.0 Å². The zero-order valence-corrected chi connectivity index (χ0v) is 17.7. The number of anilines is 1. The Morgan fingerprint density at radius 2 is 1.90 bits per heavy atom. The number of hydrogen-bond donors (Lipinski definition) is 1. The number of benzene rings is 2. The Morgan fingerprint density at radius 3 is 2.61 bits per heavy atom. The number of carbonyl (C=O) groups is 2. The van der Waals surface area contributed by atoms with E-state index in [0.29, 0.717) is 11.4 Å². The summed E-state index contributed by atoms with van der Waals surface area (Å²) in [7, 11) is 0. The van der Waals surface area contributed by atoms with E-state index in [1.807, 2.05) is 19.1 Å². The molecule has 160 valence electrons. The minimum Gasteiger partial charge on any atom is -0.481 e. The first-order chi connectivity index (χ1) is 14.9. The average Bonchev–Trinajstić information content (AvgIpc) is 2.73. The molecule has 8 nitrogen and oxygen atoms in total. The molecule has 1 N–H and O–H groups in total. The number of rotatable bonds is 7. The van der Waals surface area contributed by atoms with Gasteiger partial charge in [0.1, 0.15) is 0 Å². The summed E-state index contributed by atoms with van der Waals surface area (Å²) in [6.45, 7) is 3.20. The quantitative estimate of drug-likeness (QED) is 0.564. The highest BCUT2D eigenvalue weighted by molar-refractivity contribution is 6.32. The molecule has 0 aliphatic carbocycles. The maximum absolute atomic E-state index is 12.6. The Morgan fingerprint density at radius 1 is 1.13 bits per heavy atom. The number of esters is 1. The predicted octanol–water partition coefficient (Wildman–Crippen LogP) is 3.39. The predicted molar refractivity (Wildman–Crippen MR) is 116 cm³/mol. The number of nitrogens with one attached hydrogen (secondary N) is 1. The van der Waals surface area contributed by atoms with Crippen LogP contribution in [0.25, 0.3) is 5.69 Å². The number of halogens is 1. The van der Waals surface area contributed by atoms with Gasteiger partial charge in [-0.05, 0) is 43.7 Å². The van der Waals surface area contributed by atoms with Crippen molar-refractivity contribution in [2.45, 2.75) is 13.8 Å². The lowest BCUT2D eigenvalue weighted by molar-refractivity contribution is -0.118. The van der Waals surface area contributed by atoms with E-state index in [-0.39, 0.29) is 23.1 Å². The van der Waals surface area contributed by atoms with E-state index in [9.17, 15) is 14.4 Å². The summed E-state index contributed by atoms with van der Waals surface area (Å²) < 4.78 is 11.4. The van der Waals surface area contributed by atoms with Gasteiger partial charge in [0, 0.05) is 5.69 Å². The molecule has 3 rings (SSSR count). The normalized spacial score (nSPS) is 10.4. The van der Waals surface area contributed by atoms with Gasteiger partial charge in [0.15, 0.2) is 12.4 Å². The van der Waals surface area contributed by atoms with Crippen molar-refractivity contribution in [3.63, 3.8) is 0 Å². The van der Waals surface area contributed by atoms with Crippen molar-refractivity contribution in [1.29, 1.82) is 0 Å². The number of nitrogens with zero attached hydrogens (tertiary/aromatic N) is 2. The van der Waals surface area contributed by atoms with E-state index in [1.54, 1.807) is 43.3 Å². The van der Waals surface area contributed by atoms with Gasteiger partial charge in [0.25, 0.3) is 11.5 Å². The van der Waals surface area contributed by atoms with Gasteiger partial charge in [-0.25, -0.2) is 4.79 Å². The van der Waals surface area contributed by atoms with Gasteiger partial charge < -0.3 is 14.8 Å². The van der Waals surface area contributed by atoms with Crippen LogP contribution in [0.15, 0.2) is 59.4 Å². The monoisotopic (exact) mass is 441 g/mol. The largest absolute Gasteiger partial charge is 0.481 e. The molecule has 0 radical (unpaired) electrons. The fourth-order valence-electron chi connectivity index (χ4n) is 2.75. The molecule has 3 aromatic rings. The Bertz CT molecular complexity index is 1180. The van der Waals surface area contributed by atoms with Crippen LogP contribution in [0.4, 0.5) is 5.69 Å². The van der Waals surface area contributed by atoms with Gasteiger partial charge in [-0.15, -0.1) is 0 Å². The molecule has 1 amide bonds. The van der Waals surface area contributed by atoms with Crippen molar-refractivity contribution in [3.05, 3.63) is 81.2 Å². The third kappa shape index (κ3) is 5.49. The average molecular weight is 442 g/mol. The summed E-state index contributed by atoms with van der Waals surface area (Å²) in [5, 5.41) is 7.04. The summed E-state index contributed by atoms with van der Waals surface area (Å²) in [6.07, 6.45) is 0. The zero-order chi connectivity index (χ0) is 22.4. The number of hydrogen-bond acceptors (Lipinski definition) is 6. The van der Waals surface area contributed by atoms with Gasteiger partial charge in [0.2, 0.25) is 5.69 Å². The van der Waals surface area contributed by atoms with Crippen LogP contribution in [-0.2, 0) is 9.53 Å². The maximum atomic E-state index is 12.6. The van der Waals surface area contributed by atoms with Crippen molar-refractivity contribution in [3.8, 4) is 11.4 Å². The van der Waals surface area contributed by atoms with Gasteiger partial charge in [-0.3, -0.25) is 9.59 Å². The standard InChI is InChI=1S/C22H20ClN3O5/c1-3-30-22(29)21-18(31-13-19(27)24-15-8-6-7-14(2)11-15)12-20(28)26(25-21)17-10-5-4-9-16(17)23/h4-12H,3,13H2,1-2H3,(H,24,27). The molecule has 0 bridgehead atoms. The van der Waals surface area contributed by atoms with Gasteiger partial charge in [0.05, 0.1) is 23.4 Å². The Labute approximate surface area is 183 Å². The highest BCUT2D eigenvalue weighted by atomic mass is 35.5. The fraction of sp³-hybridized carbons (Fsp3) is 0.182. The summed E-state index contributed by atoms with van der Waals surface area (Å²) in [5.74, 6) is -1.42. The number of ether oxygens (including phenoxy) is 2. The van der Waals surface area contributed by atoms with Crippen molar-refractivity contribution in [2.75, 3.05) is 18.5 Å². The molecule has 0 spiro atoms. The highest BCUT2D eigenvalue weighted by Gasteiger charge is 2.21. The third-order valence-corrected chi connectivity index (χ3v) is 4.43. The fourth-order valence-corrected chi connectivity index (χ4v) is 2.97. The highest BCUT2D eigenvalue weighted by Crippen LogP contribution is 2.20. The lowest BCUT2D eigenvalue weighted by atomic mass is 10.2. The number of para-hydroxylation sites is 1. The summed E-state index contributed by atoms with van der Waals surface area (Å²) in [4.78, 5) is 37.3. The lowest BCUT2D eigenvalue weighted by Gasteiger charge is -2.13. The molecule has 0 fully saturated rings. The van der Waals surface area contributed by atoms with Gasteiger partial charge >= 0.3 is 5.97 Å². The third-order valence-electron chi connectivity index (χ3n) is 4.11. The van der Waals surface area contributed by atoms with Crippen LogP contribution in [0.5, 0.6) is 5.75 Å². The molecule has 0 aliphatic rings. The molecule has 0 saturated carbocycles. The number of amides is 1. The number of carbonyl (C=O) groups excluding carboxylic acids is 2. The Kier molecular flexibility index (Phi) is 7.04. The van der Waals surface area contributed by atoms with E-state index in [4.69, 9.17) is 21.1 Å². The zero-order valence-electron chi connectivity index (χ0n) is 16.9. The molecule has 1 heterocycles. The Balaban J connectivity index is 1.87. The molecule has 0 unspecified atom stereocenters. The molecule has 0 aliphatic heterocycles. The molecule has 9 heteroatoms. The van der Waals surface area contributed by atoms with E-state index in [2.05, 4.69) is 10.4 Å². The SMILES string of the molecule is CCOC(=O)c1nn(-c2ccccc2Cl)c(=O)cc1OCC(=O)Nc1cccc(C)c1. The van der Waals surface area contributed by atoms with Crippen LogP contribution in [0, 0.1) is 6.92 Å². The van der Waals surface area contributed by atoms with Crippen LogP contribution in [-0.4, -0.2) is 34.9 Å². The minimum atomic E-state index is -0.794. The van der Waals surface area contributed by atoms with Crippen molar-refractivity contribution in [2.24, 2.45) is 0 Å². The number of aryl methyl sites for hydroxylation is 1. The second kappa shape index (κ2) is 9.90. The molecule has 0 saturated heterocycles. The van der Waals surface area contributed by atoms with Crippen molar-refractivity contribution in [1.82, 2.24) is 9.78 Å². The van der Waals surface area contributed by atoms with Gasteiger partial charge in [-0.1, -0.05) is 35.9 Å². The molecule has 0 atom stereocenters. The first-order valence-electron chi connectivity index (χ1n) is 9.44. The van der Waals surface area contributed by atoms with Crippen molar-refractivity contribution < 1.29 is 19.1 Å². The van der Waals surface area contributed by atoms with Gasteiger partial charge in [-0.2, -0.15) is 9.78 Å². The minimum absolute atomic E-state index is 0.0962. The van der Waals surface area contributed by atoms with E-state index in [1.165, 1.54) is 0 Å². The van der Waals surface area contributed by atoms with Crippen LogP contribution >= 0.6 is 11.6 Å². The van der Waals surface area contributed by atoms with E-state index >= 15 is 0 Å². The van der Waals surface area contributed by atoms with Crippen LogP contribution in [0.1, 0.15) is 23.0 Å². The lowest BCUT2D eigenvalue weighted by Crippen LogP contribution is -2.27. The summed E-state index contributed by atoms with van der Waals surface area (Å²) >= 11 is 6.15. The van der Waals surface area contributed by atoms with Crippen LogP contribution < -0.4 is 15.6 Å². The molecule has 2 aromatic carbocycles. The smallest absolute Gasteiger partial charge is 0.362 e. The Hall–Kier alpha value is -3.65. The first-order valence-corrected chi connectivity index (χ1v) is 9.82. The molecule has 1 aromatic heterocycles.